The van der Waals surface area contributed by atoms with Crippen LogP contribution in [0.3, 0.4) is 0 Å². The molecule has 0 amide bonds. The molecule has 0 atom stereocenters. The zero-order chi connectivity index (χ0) is 14.0. The molecule has 0 unspecified atom stereocenters. The van der Waals surface area contributed by atoms with Gasteiger partial charge in [0.2, 0.25) is 0 Å². The van der Waals surface area contributed by atoms with E-state index in [-0.39, 0.29) is 11.3 Å². The van der Waals surface area contributed by atoms with Gasteiger partial charge in [-0.25, -0.2) is 4.79 Å². The molecule has 0 radical (unpaired) electrons. The summed E-state index contributed by atoms with van der Waals surface area (Å²) in [5, 5.41) is 9.92. The van der Waals surface area contributed by atoms with Gasteiger partial charge in [0, 0.05) is 5.56 Å². The van der Waals surface area contributed by atoms with Crippen LogP contribution in [0.25, 0.3) is 11.3 Å². The Kier molecular flexibility index (Phi) is 3.93. The lowest BCUT2D eigenvalue weighted by Crippen LogP contribution is -2.02. The number of carboxylic acids is 1. The summed E-state index contributed by atoms with van der Waals surface area (Å²) in [5.74, 6) is -0.878. The van der Waals surface area contributed by atoms with E-state index >= 15 is 0 Å². The Labute approximate surface area is 119 Å². The molecule has 1 N–H and O–H groups in total. The fourth-order valence-electron chi connectivity index (χ4n) is 1.59. The van der Waals surface area contributed by atoms with Gasteiger partial charge in [-0.3, -0.25) is 4.98 Å². The van der Waals surface area contributed by atoms with Crippen LogP contribution in [-0.2, 0) is 0 Å². The lowest BCUT2D eigenvalue weighted by Gasteiger charge is -2.07. The van der Waals surface area contributed by atoms with E-state index in [2.05, 4.69) is 4.98 Å². The Balaban J connectivity index is 2.53. The Morgan fingerprint density at radius 1 is 1.26 bits per heavy atom. The van der Waals surface area contributed by atoms with Crippen LogP contribution < -0.4 is 4.74 Å². The molecule has 1 heterocycles. The van der Waals surface area contributed by atoms with Crippen molar-refractivity contribution in [1.29, 1.82) is 0 Å². The summed E-state index contributed by atoms with van der Waals surface area (Å²) >= 11 is 11.8. The molecule has 6 heteroatoms. The van der Waals surface area contributed by atoms with Gasteiger partial charge in [-0.05, 0) is 18.2 Å². The van der Waals surface area contributed by atoms with Crippen molar-refractivity contribution >= 4 is 29.2 Å². The molecular formula is C13H9Cl2NO3. The minimum atomic E-state index is -1.08. The average molecular weight is 298 g/mol. The first-order chi connectivity index (χ1) is 9.02. The van der Waals surface area contributed by atoms with Crippen molar-refractivity contribution in [2.45, 2.75) is 0 Å². The normalized spacial score (nSPS) is 10.3. The van der Waals surface area contributed by atoms with Crippen LogP contribution in [0.15, 0.2) is 30.5 Å². The van der Waals surface area contributed by atoms with Gasteiger partial charge in [-0.2, -0.15) is 0 Å². The lowest BCUT2D eigenvalue weighted by atomic mass is 10.1. The summed E-state index contributed by atoms with van der Waals surface area (Å²) in [5.41, 5.74) is 1.20. The van der Waals surface area contributed by atoms with E-state index in [1.165, 1.54) is 19.4 Å². The number of aromatic carboxylic acids is 1. The number of halogens is 2. The van der Waals surface area contributed by atoms with E-state index in [4.69, 9.17) is 33.0 Å². The first-order valence-electron chi connectivity index (χ1n) is 5.25. The van der Waals surface area contributed by atoms with Crippen molar-refractivity contribution in [2.24, 2.45) is 0 Å². The van der Waals surface area contributed by atoms with Gasteiger partial charge in [-0.1, -0.05) is 29.3 Å². The molecule has 4 nitrogen and oxygen atoms in total. The number of methoxy groups -OCH3 is 1. The molecule has 0 fully saturated rings. The molecule has 1 aromatic carbocycles. The van der Waals surface area contributed by atoms with Gasteiger partial charge in [0.15, 0.2) is 5.75 Å². The zero-order valence-corrected chi connectivity index (χ0v) is 11.4. The number of hydrogen-bond acceptors (Lipinski definition) is 3. The predicted octanol–water partition coefficient (Wildman–Crippen LogP) is 3.76. The summed E-state index contributed by atoms with van der Waals surface area (Å²) < 4.78 is 4.95. The molecule has 0 spiro atoms. The van der Waals surface area contributed by atoms with E-state index in [0.717, 1.165) is 0 Å². The standard InChI is InChI=1S/C13H9Cl2NO3/c1-19-12-6-16-11(5-8(12)13(17)18)7-2-3-9(14)10(15)4-7/h2-6H,1H3,(H,17,18). The molecule has 0 bridgehead atoms. The fourth-order valence-corrected chi connectivity index (χ4v) is 1.88. The van der Waals surface area contributed by atoms with Crippen molar-refractivity contribution < 1.29 is 14.6 Å². The largest absolute Gasteiger partial charge is 0.494 e. The second kappa shape index (κ2) is 5.47. The topological polar surface area (TPSA) is 59.4 Å². The van der Waals surface area contributed by atoms with Gasteiger partial charge in [-0.15, -0.1) is 0 Å². The number of benzene rings is 1. The van der Waals surface area contributed by atoms with Gasteiger partial charge in [0.1, 0.15) is 5.56 Å². The van der Waals surface area contributed by atoms with Crippen LogP contribution in [0.5, 0.6) is 5.75 Å². The summed E-state index contributed by atoms with van der Waals surface area (Å²) in [7, 11) is 1.39. The maximum absolute atomic E-state index is 11.1. The number of pyridine rings is 1. The minimum absolute atomic E-state index is 0.0403. The van der Waals surface area contributed by atoms with Gasteiger partial charge >= 0.3 is 5.97 Å². The molecule has 98 valence electrons. The molecule has 1 aromatic heterocycles. The van der Waals surface area contributed by atoms with Crippen molar-refractivity contribution in [3.63, 3.8) is 0 Å². The summed E-state index contributed by atoms with van der Waals surface area (Å²) in [6, 6.07) is 6.41. The first-order valence-corrected chi connectivity index (χ1v) is 6.01. The van der Waals surface area contributed by atoms with Crippen LogP contribution >= 0.6 is 23.2 Å². The quantitative estimate of drug-likeness (QED) is 0.937. The van der Waals surface area contributed by atoms with Gasteiger partial charge in [0.25, 0.3) is 0 Å². The van der Waals surface area contributed by atoms with Gasteiger partial charge in [0.05, 0.1) is 29.0 Å². The van der Waals surface area contributed by atoms with Crippen LogP contribution in [-0.4, -0.2) is 23.2 Å². The van der Waals surface area contributed by atoms with Crippen molar-refractivity contribution in [1.82, 2.24) is 4.98 Å². The third-order valence-electron chi connectivity index (χ3n) is 2.53. The summed E-state index contributed by atoms with van der Waals surface area (Å²) in [6.45, 7) is 0. The number of carbonyl (C=O) groups is 1. The molecule has 2 aromatic rings. The number of ether oxygens (including phenoxy) is 1. The highest BCUT2D eigenvalue weighted by Crippen LogP contribution is 2.29. The third kappa shape index (κ3) is 2.80. The smallest absolute Gasteiger partial charge is 0.339 e. The van der Waals surface area contributed by atoms with E-state index in [1.54, 1.807) is 18.2 Å². The third-order valence-corrected chi connectivity index (χ3v) is 3.27. The highest BCUT2D eigenvalue weighted by atomic mass is 35.5. The van der Waals surface area contributed by atoms with Crippen LogP contribution in [0, 0.1) is 0 Å². The van der Waals surface area contributed by atoms with Crippen LogP contribution in [0.2, 0.25) is 10.0 Å². The highest BCUT2D eigenvalue weighted by Gasteiger charge is 2.14. The Hall–Kier alpha value is -1.78. The SMILES string of the molecule is COc1cnc(-c2ccc(Cl)c(Cl)c2)cc1C(=O)O. The van der Waals surface area contributed by atoms with E-state index < -0.39 is 5.97 Å². The summed E-state index contributed by atoms with van der Waals surface area (Å²) in [4.78, 5) is 15.3. The number of nitrogens with zero attached hydrogens (tertiary/aromatic N) is 1. The maximum Gasteiger partial charge on any atom is 0.339 e. The Morgan fingerprint density at radius 2 is 2.00 bits per heavy atom. The molecule has 0 aliphatic heterocycles. The number of rotatable bonds is 3. The maximum atomic E-state index is 11.1. The van der Waals surface area contributed by atoms with Crippen LogP contribution in [0.4, 0.5) is 0 Å². The Bertz CT molecular complexity index is 644. The second-order valence-corrected chi connectivity index (χ2v) is 4.52. The van der Waals surface area contributed by atoms with Crippen molar-refractivity contribution in [2.75, 3.05) is 7.11 Å². The van der Waals surface area contributed by atoms with Crippen molar-refractivity contribution in [3.05, 3.63) is 46.1 Å². The van der Waals surface area contributed by atoms with E-state index in [0.29, 0.717) is 21.3 Å². The number of aromatic nitrogens is 1. The second-order valence-electron chi connectivity index (χ2n) is 3.70. The lowest BCUT2D eigenvalue weighted by molar-refractivity contribution is 0.0693. The van der Waals surface area contributed by atoms with Crippen LogP contribution in [0.1, 0.15) is 10.4 Å². The molecule has 0 saturated carbocycles. The fraction of sp³-hybridized carbons (Fsp3) is 0.0769. The highest BCUT2D eigenvalue weighted by molar-refractivity contribution is 6.42. The molecule has 0 aliphatic carbocycles. The molecule has 2 rings (SSSR count). The molecular weight excluding hydrogens is 289 g/mol. The van der Waals surface area contributed by atoms with Gasteiger partial charge < -0.3 is 9.84 Å². The minimum Gasteiger partial charge on any atom is -0.494 e. The average Bonchev–Trinajstić information content (AvgIpc) is 2.41. The monoisotopic (exact) mass is 297 g/mol. The van der Waals surface area contributed by atoms with E-state index in [9.17, 15) is 4.79 Å². The molecule has 19 heavy (non-hydrogen) atoms. The zero-order valence-electron chi connectivity index (χ0n) is 9.85. The molecule has 0 aliphatic rings. The van der Waals surface area contributed by atoms with E-state index in [1.807, 2.05) is 0 Å². The summed E-state index contributed by atoms with van der Waals surface area (Å²) in [6.07, 6.45) is 1.36. The number of hydrogen-bond donors (Lipinski definition) is 1. The first kappa shape index (κ1) is 13.6. The Morgan fingerprint density at radius 3 is 2.58 bits per heavy atom. The number of carboxylic acid groups (broad SMARTS) is 1. The predicted molar refractivity (Wildman–Crippen MR) is 73.2 cm³/mol. The van der Waals surface area contributed by atoms with Crippen molar-refractivity contribution in [3.8, 4) is 17.0 Å². The molecule has 0 saturated heterocycles.